The first-order chi connectivity index (χ1) is 13.8. The summed E-state index contributed by atoms with van der Waals surface area (Å²) < 4.78 is 5.71. The third-order valence-corrected chi connectivity index (χ3v) is 5.71. The molecule has 0 unspecified atom stereocenters. The number of benzene rings is 1. The summed E-state index contributed by atoms with van der Waals surface area (Å²) in [7, 11) is 0. The molecule has 28 heavy (non-hydrogen) atoms. The van der Waals surface area contributed by atoms with Crippen molar-refractivity contribution in [1.29, 1.82) is 5.26 Å². The maximum Gasteiger partial charge on any atom is 0.329 e. The van der Waals surface area contributed by atoms with Gasteiger partial charge in [0.15, 0.2) is 11.7 Å². The van der Waals surface area contributed by atoms with Gasteiger partial charge in [0.2, 0.25) is 0 Å². The zero-order valence-electron chi connectivity index (χ0n) is 16.1. The highest BCUT2D eigenvalue weighted by atomic mass is 16.5. The van der Waals surface area contributed by atoms with E-state index >= 15 is 0 Å². The molecule has 0 N–H and O–H groups in total. The predicted molar refractivity (Wildman–Crippen MR) is 107 cm³/mol. The van der Waals surface area contributed by atoms with E-state index in [2.05, 4.69) is 11.0 Å². The monoisotopic (exact) mass is 378 g/mol. The largest absolute Gasteiger partial charge is 0.461 e. The summed E-state index contributed by atoms with van der Waals surface area (Å²) in [6.07, 6.45) is 8.37. The molecule has 4 rings (SSSR count). The van der Waals surface area contributed by atoms with Crippen molar-refractivity contribution in [3.05, 3.63) is 30.0 Å². The van der Waals surface area contributed by atoms with E-state index in [1.165, 1.54) is 12.8 Å². The van der Waals surface area contributed by atoms with Crippen LogP contribution in [0.3, 0.4) is 0 Å². The third-order valence-electron chi connectivity index (χ3n) is 5.71. The van der Waals surface area contributed by atoms with E-state index in [1.54, 1.807) is 0 Å². The molecule has 0 spiro atoms. The second kappa shape index (κ2) is 8.55. The number of esters is 1. The van der Waals surface area contributed by atoms with E-state index in [1.807, 2.05) is 24.3 Å². The number of hydrogen-bond acceptors (Lipinski definition) is 6. The van der Waals surface area contributed by atoms with Crippen LogP contribution >= 0.6 is 0 Å². The summed E-state index contributed by atoms with van der Waals surface area (Å²) in [6.45, 7) is 1.74. The van der Waals surface area contributed by atoms with Crippen molar-refractivity contribution in [3.63, 3.8) is 0 Å². The van der Waals surface area contributed by atoms with Gasteiger partial charge in [0.1, 0.15) is 11.8 Å². The van der Waals surface area contributed by atoms with E-state index in [9.17, 15) is 10.1 Å². The number of rotatable bonds is 4. The summed E-state index contributed by atoms with van der Waals surface area (Å²) in [5, 5.41) is 9.84. The number of piperidine rings is 1. The molecular weight excluding hydrogens is 352 g/mol. The Kier molecular flexibility index (Phi) is 5.70. The summed E-state index contributed by atoms with van der Waals surface area (Å²) in [6, 6.07) is 9.75. The van der Waals surface area contributed by atoms with Crippen molar-refractivity contribution < 1.29 is 9.53 Å². The van der Waals surface area contributed by atoms with Crippen LogP contribution in [0.25, 0.3) is 11.0 Å². The highest BCUT2D eigenvalue weighted by Gasteiger charge is 2.32. The fraction of sp³-hybridized carbons (Fsp3) is 0.545. The van der Waals surface area contributed by atoms with Gasteiger partial charge in [-0.1, -0.05) is 18.6 Å². The van der Waals surface area contributed by atoms with E-state index < -0.39 is 11.9 Å². The lowest BCUT2D eigenvalue weighted by atomic mass is 9.97. The lowest BCUT2D eigenvalue weighted by Crippen LogP contribution is -2.33. The number of carbonyl (C=O) groups excluding carboxylic acids is 1. The Labute approximate surface area is 165 Å². The smallest absolute Gasteiger partial charge is 0.329 e. The number of nitrogens with zero attached hydrogens (tertiary/aromatic N) is 4. The molecule has 0 amide bonds. The molecule has 1 aromatic carbocycles. The molecule has 1 saturated heterocycles. The van der Waals surface area contributed by atoms with Crippen LogP contribution in [0.2, 0.25) is 0 Å². The Hall–Kier alpha value is -2.68. The van der Waals surface area contributed by atoms with Gasteiger partial charge in [0, 0.05) is 13.1 Å². The van der Waals surface area contributed by atoms with Gasteiger partial charge >= 0.3 is 5.97 Å². The average molecular weight is 378 g/mol. The zero-order chi connectivity index (χ0) is 19.3. The molecule has 6 nitrogen and oxygen atoms in total. The van der Waals surface area contributed by atoms with E-state index in [0.29, 0.717) is 17.0 Å². The number of aromatic nitrogens is 2. The molecule has 2 heterocycles. The maximum absolute atomic E-state index is 12.9. The Morgan fingerprint density at radius 3 is 2.36 bits per heavy atom. The van der Waals surface area contributed by atoms with E-state index in [-0.39, 0.29) is 6.10 Å². The van der Waals surface area contributed by atoms with Crippen LogP contribution in [-0.2, 0) is 9.53 Å². The maximum atomic E-state index is 12.9. The Morgan fingerprint density at radius 1 is 1.04 bits per heavy atom. The summed E-state index contributed by atoms with van der Waals surface area (Å²) >= 11 is 0. The molecule has 0 bridgehead atoms. The molecule has 1 aliphatic carbocycles. The SMILES string of the molecule is N#C[C@H](C(=O)OC1CCCCC1)c1nc2ccccc2nc1N1CCCCC1. The first-order valence-corrected chi connectivity index (χ1v) is 10.4. The van der Waals surface area contributed by atoms with Gasteiger partial charge in [0.05, 0.1) is 17.1 Å². The van der Waals surface area contributed by atoms with Crippen molar-refractivity contribution in [3.8, 4) is 6.07 Å². The van der Waals surface area contributed by atoms with Crippen molar-refractivity contribution >= 4 is 22.8 Å². The molecule has 1 aromatic heterocycles. The summed E-state index contributed by atoms with van der Waals surface area (Å²) in [4.78, 5) is 24.6. The number of para-hydroxylation sites is 2. The van der Waals surface area contributed by atoms with Crippen molar-refractivity contribution in [2.24, 2.45) is 0 Å². The van der Waals surface area contributed by atoms with Crippen molar-refractivity contribution in [2.45, 2.75) is 63.4 Å². The second-order valence-electron chi connectivity index (χ2n) is 7.73. The lowest BCUT2D eigenvalue weighted by Gasteiger charge is -2.30. The van der Waals surface area contributed by atoms with Crippen LogP contribution in [-0.4, -0.2) is 35.1 Å². The molecule has 1 atom stereocenters. The van der Waals surface area contributed by atoms with Gasteiger partial charge in [-0.15, -0.1) is 0 Å². The van der Waals surface area contributed by atoms with Gasteiger partial charge in [-0.25, -0.2) is 9.97 Å². The van der Waals surface area contributed by atoms with Crippen LogP contribution in [0.5, 0.6) is 0 Å². The molecule has 1 saturated carbocycles. The fourth-order valence-electron chi connectivity index (χ4n) is 4.18. The number of nitriles is 1. The van der Waals surface area contributed by atoms with Gasteiger partial charge in [0.25, 0.3) is 0 Å². The van der Waals surface area contributed by atoms with Crippen molar-refractivity contribution in [1.82, 2.24) is 9.97 Å². The predicted octanol–water partition coefficient (Wildman–Crippen LogP) is 4.10. The molecule has 2 aliphatic rings. The standard InChI is InChI=1S/C22H26N4O2/c23-15-17(22(27)28-16-9-3-1-4-10-16)20-21(26-13-7-2-8-14-26)25-19-12-6-5-11-18(19)24-20/h5-6,11-12,16-17H,1-4,7-10,13-14H2/t17-/m0/s1. The van der Waals surface area contributed by atoms with Crippen LogP contribution in [0.15, 0.2) is 24.3 Å². The normalized spacial score (nSPS) is 19.2. The zero-order valence-corrected chi connectivity index (χ0v) is 16.1. The van der Waals surface area contributed by atoms with Gasteiger partial charge in [-0.2, -0.15) is 5.26 Å². The Balaban J connectivity index is 1.69. The van der Waals surface area contributed by atoms with Crippen LogP contribution in [0.4, 0.5) is 5.82 Å². The number of anilines is 1. The molecular formula is C22H26N4O2. The third kappa shape index (κ3) is 3.94. The van der Waals surface area contributed by atoms with Crippen LogP contribution in [0.1, 0.15) is 63.0 Å². The second-order valence-corrected chi connectivity index (χ2v) is 7.73. The topological polar surface area (TPSA) is 79.1 Å². The molecule has 6 heteroatoms. The number of carbonyl (C=O) groups is 1. The van der Waals surface area contributed by atoms with Crippen molar-refractivity contribution in [2.75, 3.05) is 18.0 Å². The fourth-order valence-corrected chi connectivity index (χ4v) is 4.18. The van der Waals surface area contributed by atoms with Crippen LogP contribution in [0, 0.1) is 11.3 Å². The van der Waals surface area contributed by atoms with Gasteiger partial charge in [-0.3, -0.25) is 4.79 Å². The molecule has 0 radical (unpaired) electrons. The number of fused-ring (bicyclic) bond motifs is 1. The molecule has 1 aliphatic heterocycles. The molecule has 2 aromatic rings. The highest BCUT2D eigenvalue weighted by molar-refractivity contribution is 5.85. The van der Waals surface area contributed by atoms with E-state index in [0.717, 1.165) is 57.1 Å². The quantitative estimate of drug-likeness (QED) is 0.745. The van der Waals surface area contributed by atoms with Crippen LogP contribution < -0.4 is 4.90 Å². The molecule has 146 valence electrons. The summed E-state index contributed by atoms with van der Waals surface area (Å²) in [5.74, 6) is -0.876. The van der Waals surface area contributed by atoms with E-state index in [4.69, 9.17) is 14.7 Å². The lowest BCUT2D eigenvalue weighted by molar-refractivity contribution is -0.150. The highest BCUT2D eigenvalue weighted by Crippen LogP contribution is 2.31. The minimum absolute atomic E-state index is 0.0797. The number of hydrogen-bond donors (Lipinski definition) is 0. The number of ether oxygens (including phenoxy) is 1. The summed E-state index contributed by atoms with van der Waals surface area (Å²) in [5.41, 5.74) is 1.91. The minimum atomic E-state index is -1.05. The van der Waals surface area contributed by atoms with Gasteiger partial charge in [-0.05, 0) is 57.1 Å². The Bertz CT molecular complexity index is 880. The molecule has 2 fully saturated rings. The minimum Gasteiger partial charge on any atom is -0.461 e. The van der Waals surface area contributed by atoms with Gasteiger partial charge < -0.3 is 9.64 Å². The average Bonchev–Trinajstić information content (AvgIpc) is 2.75. The first kappa shape index (κ1) is 18.7. The first-order valence-electron chi connectivity index (χ1n) is 10.4. The Morgan fingerprint density at radius 2 is 1.68 bits per heavy atom.